The summed E-state index contributed by atoms with van der Waals surface area (Å²) in [5.41, 5.74) is 13.8. The third kappa shape index (κ3) is 7.87. The molecule has 0 bridgehead atoms. The third-order valence-electron chi connectivity index (χ3n) is 12.3. The van der Waals surface area contributed by atoms with Crippen LogP contribution < -0.4 is 21.2 Å². The molecule has 1 atom stereocenters. The van der Waals surface area contributed by atoms with E-state index < -0.39 is 7.92 Å². The number of anilines is 1. The Labute approximate surface area is 338 Å². The number of nitrogens with one attached hydrogen (secondary N) is 1. The molecule has 4 heteroatoms. The first-order valence-corrected chi connectivity index (χ1v) is 24.0. The number of aryl methyl sites for hydroxylation is 2. The van der Waals surface area contributed by atoms with Crippen molar-refractivity contribution in [1.29, 1.82) is 0 Å². The van der Waals surface area contributed by atoms with Crippen LogP contribution in [0.15, 0.2) is 72.8 Å². The molecule has 1 spiro atoms. The Morgan fingerprint density at radius 1 is 0.593 bits per heavy atom. The van der Waals surface area contributed by atoms with Crippen LogP contribution in [0.2, 0.25) is 0 Å². The molecule has 0 saturated carbocycles. The molecule has 0 amide bonds. The minimum atomic E-state index is -0.889. The monoisotopic (exact) mass is 775 g/mol. The predicted molar refractivity (Wildman–Crippen MR) is 246 cm³/mol. The Balaban J connectivity index is 1.49. The number of benzene rings is 4. The van der Waals surface area contributed by atoms with Gasteiger partial charge in [0.1, 0.15) is 0 Å². The maximum absolute atomic E-state index is 4.07. The van der Waals surface area contributed by atoms with Gasteiger partial charge in [-0.25, -0.2) is 0 Å². The van der Waals surface area contributed by atoms with Crippen molar-refractivity contribution in [2.45, 2.75) is 147 Å². The maximum atomic E-state index is 4.07. The summed E-state index contributed by atoms with van der Waals surface area (Å²) < 4.78 is 0.630. The van der Waals surface area contributed by atoms with E-state index in [4.69, 9.17) is 0 Å². The summed E-state index contributed by atoms with van der Waals surface area (Å²) in [5.74, 6) is 2.58. The first kappa shape index (κ1) is 40.0. The van der Waals surface area contributed by atoms with Gasteiger partial charge in [0.15, 0.2) is 0 Å². The van der Waals surface area contributed by atoms with E-state index in [1.807, 2.05) is 0 Å². The number of hydrogen-bond acceptors (Lipinski definition) is 3. The molecule has 3 aliphatic rings. The van der Waals surface area contributed by atoms with Crippen molar-refractivity contribution in [3.63, 3.8) is 0 Å². The minimum Gasteiger partial charge on any atom is -0.383 e. The molecule has 1 aliphatic heterocycles. The fraction of sp³-hybridized carbons (Fsp3) is 0.520. The van der Waals surface area contributed by atoms with Gasteiger partial charge in [-0.05, 0) is 140 Å². The van der Waals surface area contributed by atoms with Crippen LogP contribution >= 0.6 is 31.4 Å². The highest BCUT2D eigenvalue weighted by molar-refractivity contribution is 8.17. The fourth-order valence-electron chi connectivity index (χ4n) is 8.99. The molecule has 0 aromatic heterocycles. The summed E-state index contributed by atoms with van der Waals surface area (Å²) in [7, 11) is -0.889. The molecular formula is C50H66NPS2. The molecule has 1 nitrogen and oxygen atoms in total. The van der Waals surface area contributed by atoms with E-state index in [-0.39, 0.29) is 27.1 Å². The summed E-state index contributed by atoms with van der Waals surface area (Å²) in [6, 6.07) is 30.0. The molecular weight excluding hydrogens is 710 g/mol. The lowest BCUT2D eigenvalue weighted by atomic mass is 9.76. The summed E-state index contributed by atoms with van der Waals surface area (Å²) in [6.07, 6.45) is 6.05. The molecule has 0 radical (unpaired) electrons. The van der Waals surface area contributed by atoms with Gasteiger partial charge in [-0.3, -0.25) is 0 Å². The third-order valence-corrected chi connectivity index (χ3v) is 17.6. The Bertz CT molecular complexity index is 1870. The second-order valence-electron chi connectivity index (χ2n) is 20.5. The Kier molecular flexibility index (Phi) is 10.8. The van der Waals surface area contributed by atoms with Gasteiger partial charge in [-0.15, -0.1) is 23.5 Å². The topological polar surface area (TPSA) is 12.0 Å². The first-order valence-electron chi connectivity index (χ1n) is 20.6. The standard InChI is InChI=1S/C50H66NPS2/c1-46(2,3)35-26-36(47(4,5)6)29-39(28-35)52(40-30-37(48(7,8)9)27-38(31-40)49(10,11)12)42-19-14-17-34-21-23-50(45(34)42)22-20-33-16-13-18-41(44(33)50)51-32-43-53-24-15-25-54-43/h13-14,16-19,26-31,43,51H,15,20-25,32H2,1-12H3/t50-/m0/s1. The second-order valence-corrected chi connectivity index (χ2v) is 25.6. The Hall–Kier alpha value is -2.19. The molecule has 4 aromatic rings. The van der Waals surface area contributed by atoms with Crippen molar-refractivity contribution in [3.8, 4) is 0 Å². The highest BCUT2D eigenvalue weighted by Crippen LogP contribution is 2.56. The van der Waals surface area contributed by atoms with Crippen LogP contribution in [0.4, 0.5) is 5.69 Å². The van der Waals surface area contributed by atoms with Crippen molar-refractivity contribution < 1.29 is 0 Å². The summed E-state index contributed by atoms with van der Waals surface area (Å²) in [5, 5.41) is 8.65. The largest absolute Gasteiger partial charge is 0.383 e. The SMILES string of the molecule is CC(C)(C)c1cc(P(c2cc(C(C)(C)C)cc(C(C)(C)C)c2)c2cccc3c2[C@@]2(CCc4cccc(NCC5SCCCS5)c42)CC3)cc(C(C)(C)C)c1. The summed E-state index contributed by atoms with van der Waals surface area (Å²) in [6.45, 7) is 29.7. The van der Waals surface area contributed by atoms with Gasteiger partial charge in [0.05, 0.1) is 4.58 Å². The normalized spacial score (nSPS) is 19.4. The highest BCUT2D eigenvalue weighted by Gasteiger charge is 2.48. The Morgan fingerprint density at radius 2 is 1.04 bits per heavy atom. The van der Waals surface area contributed by atoms with Gasteiger partial charge >= 0.3 is 0 Å². The van der Waals surface area contributed by atoms with Crippen molar-refractivity contribution in [1.82, 2.24) is 0 Å². The molecule has 4 aromatic carbocycles. The second kappa shape index (κ2) is 14.6. The fourth-order valence-corrected chi connectivity index (χ4v) is 14.4. The predicted octanol–water partition coefficient (Wildman–Crippen LogP) is 12.4. The zero-order valence-electron chi connectivity index (χ0n) is 35.4. The van der Waals surface area contributed by atoms with Crippen LogP contribution in [0.3, 0.4) is 0 Å². The average molecular weight is 776 g/mol. The van der Waals surface area contributed by atoms with E-state index in [2.05, 4.69) is 185 Å². The summed E-state index contributed by atoms with van der Waals surface area (Å²) in [4.78, 5) is 0. The lowest BCUT2D eigenvalue weighted by Crippen LogP contribution is -2.34. The minimum absolute atomic E-state index is 0.0290. The highest BCUT2D eigenvalue weighted by atomic mass is 32.2. The molecule has 2 aliphatic carbocycles. The van der Waals surface area contributed by atoms with Crippen molar-refractivity contribution >= 4 is 53.0 Å². The van der Waals surface area contributed by atoms with Gasteiger partial charge in [0.25, 0.3) is 0 Å². The lowest BCUT2D eigenvalue weighted by molar-refractivity contribution is 0.510. The van der Waals surface area contributed by atoms with E-state index in [9.17, 15) is 0 Å². The van der Waals surface area contributed by atoms with Crippen LogP contribution in [-0.4, -0.2) is 22.6 Å². The quantitative estimate of drug-likeness (QED) is 0.196. The van der Waals surface area contributed by atoms with Gasteiger partial charge < -0.3 is 5.32 Å². The molecule has 7 rings (SSSR count). The molecule has 54 heavy (non-hydrogen) atoms. The van der Waals surface area contributed by atoms with E-state index in [0.29, 0.717) is 4.58 Å². The van der Waals surface area contributed by atoms with E-state index in [1.165, 1.54) is 69.3 Å². The lowest BCUT2D eigenvalue weighted by Gasteiger charge is -2.35. The van der Waals surface area contributed by atoms with E-state index in [0.717, 1.165) is 19.4 Å². The number of hydrogen-bond donors (Lipinski definition) is 1. The van der Waals surface area contributed by atoms with Gasteiger partial charge in [-0.1, -0.05) is 150 Å². The molecule has 1 heterocycles. The van der Waals surface area contributed by atoms with Crippen LogP contribution in [0.1, 0.15) is 147 Å². The average Bonchev–Trinajstić information content (AvgIpc) is 3.68. The Morgan fingerprint density at radius 3 is 1.50 bits per heavy atom. The van der Waals surface area contributed by atoms with Crippen LogP contribution in [0.25, 0.3) is 0 Å². The molecule has 1 saturated heterocycles. The molecule has 1 fully saturated rings. The van der Waals surface area contributed by atoms with Gasteiger partial charge in [0, 0.05) is 17.6 Å². The molecule has 1 N–H and O–H groups in total. The van der Waals surface area contributed by atoms with E-state index in [1.54, 1.807) is 27.6 Å². The first-order chi connectivity index (χ1) is 25.3. The van der Waals surface area contributed by atoms with Crippen LogP contribution in [0, 0.1) is 0 Å². The maximum Gasteiger partial charge on any atom is 0.0674 e. The van der Waals surface area contributed by atoms with Crippen molar-refractivity contribution in [3.05, 3.63) is 117 Å². The summed E-state index contributed by atoms with van der Waals surface area (Å²) >= 11 is 4.29. The van der Waals surface area contributed by atoms with Crippen LogP contribution in [0.5, 0.6) is 0 Å². The van der Waals surface area contributed by atoms with Gasteiger partial charge in [-0.2, -0.15) is 0 Å². The van der Waals surface area contributed by atoms with Crippen molar-refractivity contribution in [2.75, 3.05) is 23.4 Å². The van der Waals surface area contributed by atoms with Crippen molar-refractivity contribution in [2.24, 2.45) is 0 Å². The zero-order valence-corrected chi connectivity index (χ0v) is 38.0. The molecule has 288 valence electrons. The number of fused-ring (bicyclic) bond motifs is 4. The van der Waals surface area contributed by atoms with Crippen LogP contribution in [-0.2, 0) is 39.9 Å². The zero-order chi connectivity index (χ0) is 38.8. The number of rotatable bonds is 6. The molecule has 0 unspecified atom stereocenters. The number of thioether (sulfide) groups is 2. The van der Waals surface area contributed by atoms with E-state index >= 15 is 0 Å². The van der Waals surface area contributed by atoms with Gasteiger partial charge in [0.2, 0.25) is 0 Å². The smallest absolute Gasteiger partial charge is 0.0674 e.